The molecule has 0 aliphatic carbocycles. The number of anilines is 2. The molecule has 4 rings (SSSR count). The number of sulfonamides is 1. The normalized spacial score (nSPS) is 16.7. The van der Waals surface area contributed by atoms with Gasteiger partial charge in [0.1, 0.15) is 0 Å². The summed E-state index contributed by atoms with van der Waals surface area (Å²) in [6, 6.07) is 13.7. The average Bonchev–Trinajstić information content (AvgIpc) is 2.78. The van der Waals surface area contributed by atoms with Crippen LogP contribution in [0.15, 0.2) is 42.5 Å². The molecular weight excluding hydrogens is 410 g/mol. The fraction of sp³-hybridized carbons (Fsp3) is 0.458. The van der Waals surface area contributed by atoms with Gasteiger partial charge in [-0.3, -0.25) is 9.10 Å². The third kappa shape index (κ3) is 4.71. The van der Waals surface area contributed by atoms with Crippen molar-refractivity contribution in [2.75, 3.05) is 42.1 Å². The zero-order valence-electron chi connectivity index (χ0n) is 18.4. The molecule has 2 aromatic carbocycles. The summed E-state index contributed by atoms with van der Waals surface area (Å²) < 4.78 is 25.6. The maximum absolute atomic E-state index is 13.2. The van der Waals surface area contributed by atoms with E-state index in [1.54, 1.807) is 17.0 Å². The summed E-state index contributed by atoms with van der Waals surface area (Å²) in [4.78, 5) is 17.4. The van der Waals surface area contributed by atoms with Gasteiger partial charge in [0.05, 0.1) is 11.9 Å². The van der Waals surface area contributed by atoms with E-state index in [-0.39, 0.29) is 5.91 Å². The summed E-state index contributed by atoms with van der Waals surface area (Å²) >= 11 is 0. The molecule has 2 aromatic rings. The van der Waals surface area contributed by atoms with Crippen LogP contribution in [0.5, 0.6) is 0 Å². The number of carbonyl (C=O) groups is 1. The third-order valence-corrected chi connectivity index (χ3v) is 7.43. The van der Waals surface area contributed by atoms with E-state index in [2.05, 4.69) is 23.1 Å². The molecule has 2 aliphatic rings. The van der Waals surface area contributed by atoms with E-state index in [4.69, 9.17) is 0 Å². The van der Waals surface area contributed by atoms with E-state index in [0.29, 0.717) is 24.3 Å². The lowest BCUT2D eigenvalue weighted by atomic mass is 10.00. The minimum Gasteiger partial charge on any atom is -0.371 e. The smallest absolute Gasteiger partial charge is 0.253 e. The lowest BCUT2D eigenvalue weighted by Crippen LogP contribution is -2.35. The van der Waals surface area contributed by atoms with E-state index in [1.165, 1.54) is 35.5 Å². The Morgan fingerprint density at radius 2 is 1.71 bits per heavy atom. The second-order valence-electron chi connectivity index (χ2n) is 8.62. The number of aryl methyl sites for hydroxylation is 1. The fourth-order valence-electron chi connectivity index (χ4n) is 4.68. The Morgan fingerprint density at radius 3 is 2.45 bits per heavy atom. The van der Waals surface area contributed by atoms with E-state index >= 15 is 0 Å². The number of hydrogen-bond donors (Lipinski definition) is 0. The van der Waals surface area contributed by atoms with E-state index in [9.17, 15) is 13.2 Å². The second kappa shape index (κ2) is 8.91. The van der Waals surface area contributed by atoms with Crippen LogP contribution in [0.2, 0.25) is 0 Å². The number of rotatable bonds is 5. The Bertz CT molecular complexity index is 1060. The van der Waals surface area contributed by atoms with Gasteiger partial charge in [-0.2, -0.15) is 0 Å². The predicted molar refractivity (Wildman–Crippen MR) is 125 cm³/mol. The molecule has 166 valence electrons. The first-order chi connectivity index (χ1) is 14.8. The number of carbonyl (C=O) groups excluding carboxylic acids is 1. The zero-order valence-corrected chi connectivity index (χ0v) is 19.2. The molecule has 0 aromatic heterocycles. The van der Waals surface area contributed by atoms with Gasteiger partial charge in [0.15, 0.2) is 0 Å². The van der Waals surface area contributed by atoms with Crippen LogP contribution in [0.4, 0.5) is 11.4 Å². The van der Waals surface area contributed by atoms with Crippen molar-refractivity contribution in [2.45, 2.75) is 38.6 Å². The van der Waals surface area contributed by atoms with Crippen molar-refractivity contribution in [1.82, 2.24) is 4.90 Å². The summed E-state index contributed by atoms with van der Waals surface area (Å²) in [5, 5.41) is 0. The van der Waals surface area contributed by atoms with E-state index in [1.807, 2.05) is 19.2 Å². The molecule has 2 aliphatic heterocycles. The summed E-state index contributed by atoms with van der Waals surface area (Å²) in [6.07, 6.45) is 6.48. The number of benzene rings is 2. The Hall–Kier alpha value is -2.54. The topological polar surface area (TPSA) is 60.9 Å². The molecule has 0 atom stereocenters. The van der Waals surface area contributed by atoms with Crippen LogP contribution in [0, 0.1) is 0 Å². The molecule has 0 saturated carbocycles. The average molecular weight is 442 g/mol. The minimum atomic E-state index is -3.31. The summed E-state index contributed by atoms with van der Waals surface area (Å²) in [6.45, 7) is 3.16. The molecule has 0 bridgehead atoms. The van der Waals surface area contributed by atoms with Crippen molar-refractivity contribution in [3.63, 3.8) is 0 Å². The van der Waals surface area contributed by atoms with Crippen LogP contribution in [-0.2, 0) is 23.0 Å². The lowest BCUT2D eigenvalue weighted by Gasteiger charge is -2.32. The van der Waals surface area contributed by atoms with E-state index < -0.39 is 10.0 Å². The molecule has 0 unspecified atom stereocenters. The number of fused-ring (bicyclic) bond motifs is 1. The molecule has 1 amide bonds. The van der Waals surface area contributed by atoms with Gasteiger partial charge >= 0.3 is 0 Å². The standard InChI is InChI=1S/C24H31N3O3S/c1-25(18-21-9-4-5-11-22(21)26-14-6-3-7-15-26)24(28)20-12-13-23-19(17-20)10-8-16-27(23)31(2,29)30/h4-5,9,11-13,17H,3,6-8,10,14-16,18H2,1-2H3. The van der Waals surface area contributed by atoms with Crippen LogP contribution in [0.3, 0.4) is 0 Å². The van der Waals surface area contributed by atoms with E-state index in [0.717, 1.165) is 37.1 Å². The van der Waals surface area contributed by atoms with Crippen molar-refractivity contribution in [1.29, 1.82) is 0 Å². The Kier molecular flexibility index (Phi) is 6.23. The van der Waals surface area contributed by atoms with Crippen molar-refractivity contribution >= 4 is 27.3 Å². The quantitative estimate of drug-likeness (QED) is 0.711. The zero-order chi connectivity index (χ0) is 22.0. The maximum Gasteiger partial charge on any atom is 0.253 e. The number of para-hydroxylation sites is 1. The van der Waals surface area contributed by atoms with Gasteiger partial charge in [0, 0.05) is 44.5 Å². The lowest BCUT2D eigenvalue weighted by molar-refractivity contribution is 0.0785. The molecule has 2 heterocycles. The summed E-state index contributed by atoms with van der Waals surface area (Å²) in [7, 11) is -1.48. The molecule has 1 saturated heterocycles. The van der Waals surface area contributed by atoms with Crippen LogP contribution >= 0.6 is 0 Å². The van der Waals surface area contributed by atoms with Crippen LogP contribution in [-0.4, -0.2) is 52.2 Å². The minimum absolute atomic E-state index is 0.0484. The van der Waals surface area contributed by atoms with Crippen LogP contribution in [0.25, 0.3) is 0 Å². The number of piperidine rings is 1. The molecule has 0 N–H and O–H groups in total. The molecule has 7 heteroatoms. The monoisotopic (exact) mass is 441 g/mol. The fourth-order valence-corrected chi connectivity index (χ4v) is 5.67. The van der Waals surface area contributed by atoms with Gasteiger partial charge in [-0.25, -0.2) is 8.42 Å². The Morgan fingerprint density at radius 1 is 0.968 bits per heavy atom. The molecule has 31 heavy (non-hydrogen) atoms. The highest BCUT2D eigenvalue weighted by Crippen LogP contribution is 2.31. The highest BCUT2D eigenvalue weighted by molar-refractivity contribution is 7.92. The van der Waals surface area contributed by atoms with Crippen molar-refractivity contribution < 1.29 is 13.2 Å². The Labute approximate surface area is 185 Å². The van der Waals surface area contributed by atoms with Crippen molar-refractivity contribution in [3.05, 3.63) is 59.2 Å². The molecule has 0 spiro atoms. The molecule has 0 radical (unpaired) electrons. The largest absolute Gasteiger partial charge is 0.371 e. The van der Waals surface area contributed by atoms with Gasteiger partial charge in [0.25, 0.3) is 5.91 Å². The first kappa shape index (κ1) is 21.7. The first-order valence-corrected chi connectivity index (χ1v) is 12.9. The van der Waals surface area contributed by atoms with Crippen LogP contribution in [0.1, 0.15) is 47.2 Å². The molecule has 1 fully saturated rings. The number of hydrogen-bond acceptors (Lipinski definition) is 4. The van der Waals surface area contributed by atoms with Gasteiger partial charge in [-0.05, 0) is 67.5 Å². The van der Waals surface area contributed by atoms with Gasteiger partial charge in [-0.1, -0.05) is 18.2 Å². The summed E-state index contributed by atoms with van der Waals surface area (Å²) in [5.74, 6) is -0.0484. The van der Waals surface area contributed by atoms with Crippen molar-refractivity contribution in [3.8, 4) is 0 Å². The first-order valence-electron chi connectivity index (χ1n) is 11.0. The van der Waals surface area contributed by atoms with Gasteiger partial charge in [-0.15, -0.1) is 0 Å². The Balaban J connectivity index is 1.53. The maximum atomic E-state index is 13.2. The van der Waals surface area contributed by atoms with Crippen molar-refractivity contribution in [2.24, 2.45) is 0 Å². The highest BCUT2D eigenvalue weighted by atomic mass is 32.2. The second-order valence-corrected chi connectivity index (χ2v) is 10.5. The number of nitrogens with zero attached hydrogens (tertiary/aromatic N) is 3. The van der Waals surface area contributed by atoms with Gasteiger partial charge in [0.2, 0.25) is 10.0 Å². The van der Waals surface area contributed by atoms with Crippen LogP contribution < -0.4 is 9.21 Å². The summed E-state index contributed by atoms with van der Waals surface area (Å²) in [5.41, 5.74) is 4.60. The highest BCUT2D eigenvalue weighted by Gasteiger charge is 2.25. The molecular formula is C24H31N3O3S. The molecule has 6 nitrogen and oxygen atoms in total. The van der Waals surface area contributed by atoms with Gasteiger partial charge < -0.3 is 9.80 Å². The third-order valence-electron chi connectivity index (χ3n) is 6.25. The predicted octanol–water partition coefficient (Wildman–Crippen LogP) is 3.66. The number of amides is 1. The SMILES string of the molecule is CN(Cc1ccccc1N1CCCCC1)C(=O)c1ccc2c(c1)CCCN2S(C)(=O)=O.